The molecule has 0 nitrogen and oxygen atoms in total. The molecular formula is C29H50. The van der Waals surface area contributed by atoms with E-state index < -0.39 is 0 Å². The summed E-state index contributed by atoms with van der Waals surface area (Å²) in [5.74, 6) is 0. The lowest BCUT2D eigenvalue weighted by molar-refractivity contribution is 0.529. The van der Waals surface area contributed by atoms with Crippen LogP contribution in [0.25, 0.3) is 6.08 Å². The highest BCUT2D eigenvalue weighted by Crippen LogP contribution is 2.24. The Kier molecular flexibility index (Phi) is 15.0. The summed E-state index contributed by atoms with van der Waals surface area (Å²) in [6.07, 6.45) is 26.2. The molecule has 0 aliphatic rings. The maximum absolute atomic E-state index is 3.98. The van der Waals surface area contributed by atoms with Gasteiger partial charge in [-0.3, -0.25) is 0 Å². The monoisotopic (exact) mass is 398 g/mol. The van der Waals surface area contributed by atoms with Crippen molar-refractivity contribution < 1.29 is 0 Å². The van der Waals surface area contributed by atoms with Crippen LogP contribution in [0.15, 0.2) is 12.6 Å². The zero-order valence-electron chi connectivity index (χ0n) is 20.4. The maximum Gasteiger partial charge on any atom is -0.0228 e. The molecule has 0 aromatic heterocycles. The van der Waals surface area contributed by atoms with Crippen LogP contribution in [-0.2, 0) is 6.42 Å². The van der Waals surface area contributed by atoms with E-state index in [2.05, 4.69) is 40.3 Å². The lowest BCUT2D eigenvalue weighted by atomic mass is 9.91. The number of unbranched alkanes of at least 4 members (excludes halogenated alkanes) is 15. The third-order valence-corrected chi connectivity index (χ3v) is 6.89. The second kappa shape index (κ2) is 16.7. The van der Waals surface area contributed by atoms with Crippen molar-refractivity contribution in [1.82, 2.24) is 0 Å². The van der Waals surface area contributed by atoms with E-state index in [1.807, 2.05) is 6.08 Å². The summed E-state index contributed by atoms with van der Waals surface area (Å²) in [5.41, 5.74) is 7.20. The molecule has 0 N–H and O–H groups in total. The summed E-state index contributed by atoms with van der Waals surface area (Å²) in [4.78, 5) is 0. The van der Waals surface area contributed by atoms with Gasteiger partial charge in [0.15, 0.2) is 0 Å². The number of hydrogen-bond donors (Lipinski definition) is 0. The number of aryl methyl sites for hydroxylation is 1. The molecular weight excluding hydrogens is 348 g/mol. The molecule has 0 saturated heterocycles. The van der Waals surface area contributed by atoms with Crippen LogP contribution in [0.1, 0.15) is 137 Å². The molecule has 0 saturated carbocycles. The van der Waals surface area contributed by atoms with Crippen molar-refractivity contribution in [1.29, 1.82) is 0 Å². The Morgan fingerprint density at radius 3 is 1.41 bits per heavy atom. The number of hydrogen-bond acceptors (Lipinski definition) is 0. The molecule has 0 aliphatic carbocycles. The standard InChI is InChI=1S/C29H50/c1-6-8-9-10-11-12-13-14-15-16-17-18-19-20-21-22-23-29-24-28(7-2)26(4)25(3)27(29)5/h7,24H,2,6,8-23H2,1,3-5H3. The molecule has 1 aromatic carbocycles. The minimum absolute atomic E-state index is 1.23. The molecule has 0 heteroatoms. The summed E-state index contributed by atoms with van der Waals surface area (Å²) in [6.45, 7) is 13.0. The maximum atomic E-state index is 3.98. The highest BCUT2D eigenvalue weighted by atomic mass is 14.1. The SMILES string of the molecule is C=Cc1cc(CCCCCCCCCCCCCCCCCC)c(C)c(C)c1C. The van der Waals surface area contributed by atoms with E-state index in [1.165, 1.54) is 137 Å². The van der Waals surface area contributed by atoms with E-state index in [0.29, 0.717) is 0 Å². The van der Waals surface area contributed by atoms with Crippen LogP contribution < -0.4 is 0 Å². The minimum Gasteiger partial charge on any atom is -0.0985 e. The van der Waals surface area contributed by atoms with Crippen LogP contribution in [0, 0.1) is 20.8 Å². The zero-order valence-corrected chi connectivity index (χ0v) is 20.4. The smallest absolute Gasteiger partial charge is 0.0228 e. The highest BCUT2D eigenvalue weighted by Gasteiger charge is 2.07. The van der Waals surface area contributed by atoms with Crippen LogP contribution in [-0.4, -0.2) is 0 Å². The Balaban J connectivity index is 1.97. The van der Waals surface area contributed by atoms with E-state index in [-0.39, 0.29) is 0 Å². The fourth-order valence-electron chi connectivity index (χ4n) is 4.48. The fourth-order valence-corrected chi connectivity index (χ4v) is 4.48. The van der Waals surface area contributed by atoms with Crippen molar-refractivity contribution in [2.45, 2.75) is 137 Å². The van der Waals surface area contributed by atoms with Crippen molar-refractivity contribution in [3.63, 3.8) is 0 Å². The van der Waals surface area contributed by atoms with Crippen molar-refractivity contribution in [3.8, 4) is 0 Å². The molecule has 1 aromatic rings. The molecule has 0 unspecified atom stereocenters. The topological polar surface area (TPSA) is 0 Å². The Bertz CT molecular complexity index is 552. The van der Waals surface area contributed by atoms with Gasteiger partial charge in [0.25, 0.3) is 0 Å². The van der Waals surface area contributed by atoms with Crippen LogP contribution in [0.3, 0.4) is 0 Å². The quantitative estimate of drug-likeness (QED) is 0.216. The largest absolute Gasteiger partial charge is 0.0985 e. The second-order valence-corrected chi connectivity index (χ2v) is 9.26. The average Bonchev–Trinajstić information content (AvgIpc) is 2.73. The van der Waals surface area contributed by atoms with Crippen molar-refractivity contribution in [2.75, 3.05) is 0 Å². The van der Waals surface area contributed by atoms with Crippen molar-refractivity contribution in [3.05, 3.63) is 40.5 Å². The molecule has 0 atom stereocenters. The summed E-state index contributed by atoms with van der Waals surface area (Å²) in [7, 11) is 0. The molecule has 0 heterocycles. The van der Waals surface area contributed by atoms with E-state index >= 15 is 0 Å². The minimum atomic E-state index is 1.23. The Labute approximate surface area is 183 Å². The van der Waals surface area contributed by atoms with E-state index in [0.717, 1.165) is 0 Å². The summed E-state index contributed by atoms with van der Waals surface area (Å²) >= 11 is 0. The molecule has 1 rings (SSSR count). The van der Waals surface area contributed by atoms with Crippen molar-refractivity contribution >= 4 is 6.08 Å². The summed E-state index contributed by atoms with van der Waals surface area (Å²) < 4.78 is 0. The first-order valence-electron chi connectivity index (χ1n) is 12.8. The number of rotatable bonds is 18. The second-order valence-electron chi connectivity index (χ2n) is 9.26. The number of benzene rings is 1. The lowest BCUT2D eigenvalue weighted by Crippen LogP contribution is -1.98. The molecule has 0 amide bonds. The molecule has 0 fully saturated rings. The first-order valence-corrected chi connectivity index (χ1v) is 12.8. The first kappa shape index (κ1) is 26.0. The third-order valence-electron chi connectivity index (χ3n) is 6.89. The van der Waals surface area contributed by atoms with E-state index in [1.54, 1.807) is 0 Å². The molecule has 166 valence electrons. The Morgan fingerprint density at radius 1 is 0.586 bits per heavy atom. The predicted octanol–water partition coefficient (Wildman–Crippen LogP) is 10.1. The van der Waals surface area contributed by atoms with Gasteiger partial charge in [-0.25, -0.2) is 0 Å². The van der Waals surface area contributed by atoms with Crippen LogP contribution in [0.4, 0.5) is 0 Å². The van der Waals surface area contributed by atoms with E-state index in [9.17, 15) is 0 Å². The molecule has 0 radical (unpaired) electrons. The Hall–Kier alpha value is -1.04. The van der Waals surface area contributed by atoms with Gasteiger partial charge in [0.1, 0.15) is 0 Å². The van der Waals surface area contributed by atoms with Gasteiger partial charge in [-0.2, -0.15) is 0 Å². The zero-order chi connectivity index (χ0) is 21.3. The molecule has 0 aliphatic heterocycles. The van der Waals surface area contributed by atoms with Gasteiger partial charge in [0, 0.05) is 0 Å². The van der Waals surface area contributed by atoms with Gasteiger partial charge in [0.05, 0.1) is 0 Å². The average molecular weight is 399 g/mol. The van der Waals surface area contributed by atoms with Crippen LogP contribution in [0.5, 0.6) is 0 Å². The lowest BCUT2D eigenvalue weighted by Gasteiger charge is -2.14. The third kappa shape index (κ3) is 11.1. The summed E-state index contributed by atoms with van der Waals surface area (Å²) in [6, 6.07) is 2.37. The van der Waals surface area contributed by atoms with Crippen LogP contribution in [0.2, 0.25) is 0 Å². The van der Waals surface area contributed by atoms with E-state index in [4.69, 9.17) is 0 Å². The first-order chi connectivity index (χ1) is 14.1. The van der Waals surface area contributed by atoms with Crippen molar-refractivity contribution in [2.24, 2.45) is 0 Å². The molecule has 0 spiro atoms. The predicted molar refractivity (Wildman–Crippen MR) is 134 cm³/mol. The van der Waals surface area contributed by atoms with Crippen LogP contribution >= 0.6 is 0 Å². The molecule has 29 heavy (non-hydrogen) atoms. The van der Waals surface area contributed by atoms with Gasteiger partial charge in [-0.15, -0.1) is 0 Å². The molecule has 0 bridgehead atoms. The fraction of sp³-hybridized carbons (Fsp3) is 0.724. The van der Waals surface area contributed by atoms with Gasteiger partial charge in [0.2, 0.25) is 0 Å². The highest BCUT2D eigenvalue weighted by molar-refractivity contribution is 5.57. The Morgan fingerprint density at radius 2 is 1.00 bits per heavy atom. The summed E-state index contributed by atoms with van der Waals surface area (Å²) in [5, 5.41) is 0. The normalized spacial score (nSPS) is 11.2. The van der Waals surface area contributed by atoms with Gasteiger partial charge >= 0.3 is 0 Å². The van der Waals surface area contributed by atoms with Gasteiger partial charge in [-0.05, 0) is 61.4 Å². The van der Waals surface area contributed by atoms with Gasteiger partial charge in [-0.1, -0.05) is 122 Å². The van der Waals surface area contributed by atoms with Gasteiger partial charge < -0.3 is 0 Å².